The van der Waals surface area contributed by atoms with Crippen molar-refractivity contribution in [3.8, 4) is 0 Å². The molecule has 0 heterocycles. The molecule has 4 N–H and O–H groups in total. The summed E-state index contributed by atoms with van der Waals surface area (Å²) in [6.07, 6.45) is 1.01. The fourth-order valence-corrected chi connectivity index (χ4v) is 1.07. The monoisotopic (exact) mass is 165 g/mol. The maximum Gasteiger partial charge on any atom is 0.494 e. The Morgan fingerprint density at radius 1 is 1.20 bits per heavy atom. The van der Waals surface area contributed by atoms with Gasteiger partial charge in [-0.05, 0) is 19.5 Å². The van der Waals surface area contributed by atoms with Gasteiger partial charge < -0.3 is 19.7 Å². The molecule has 0 amide bonds. The Labute approximate surface area is 61.9 Å². The predicted molar refractivity (Wildman–Crippen MR) is 40.4 cm³/mol. The number of nitrogens with one attached hydrogen (secondary N) is 1. The second-order valence-corrected chi connectivity index (χ2v) is 4.32. The molecular formula is C5H15NO3Si. The van der Waals surface area contributed by atoms with Gasteiger partial charge in [-0.2, -0.15) is 0 Å². The highest BCUT2D eigenvalue weighted by atomic mass is 28.4. The van der Waals surface area contributed by atoms with E-state index in [-0.39, 0.29) is 6.04 Å². The van der Waals surface area contributed by atoms with Crippen LogP contribution < -0.4 is 5.32 Å². The molecule has 62 valence electrons. The fraction of sp³-hybridized carbons (Fsp3) is 1.00. The van der Waals surface area contributed by atoms with Gasteiger partial charge in [-0.25, -0.2) is 0 Å². The SMILES string of the molecule is CCCNCC[Si](O)(O)O. The van der Waals surface area contributed by atoms with Crippen molar-refractivity contribution in [2.75, 3.05) is 13.1 Å². The number of hydrogen-bond donors (Lipinski definition) is 4. The summed E-state index contributed by atoms with van der Waals surface area (Å²) < 4.78 is 0. The lowest BCUT2D eigenvalue weighted by Crippen LogP contribution is -2.38. The summed E-state index contributed by atoms with van der Waals surface area (Å²) >= 11 is 0. The van der Waals surface area contributed by atoms with Crippen molar-refractivity contribution in [1.29, 1.82) is 0 Å². The van der Waals surface area contributed by atoms with Crippen molar-refractivity contribution in [2.45, 2.75) is 19.4 Å². The summed E-state index contributed by atoms with van der Waals surface area (Å²) in [5.41, 5.74) is 0. The van der Waals surface area contributed by atoms with E-state index in [4.69, 9.17) is 14.4 Å². The molecule has 0 spiro atoms. The molecule has 0 saturated carbocycles. The molecule has 0 fully saturated rings. The Bertz CT molecular complexity index is 83.5. The molecule has 0 aromatic rings. The van der Waals surface area contributed by atoms with Gasteiger partial charge in [0.15, 0.2) is 0 Å². The predicted octanol–water partition coefficient (Wildman–Crippen LogP) is -1.10. The van der Waals surface area contributed by atoms with Crippen LogP contribution in [0.5, 0.6) is 0 Å². The van der Waals surface area contributed by atoms with Gasteiger partial charge in [0.05, 0.1) is 0 Å². The van der Waals surface area contributed by atoms with E-state index < -0.39 is 8.80 Å². The molecule has 0 bridgehead atoms. The van der Waals surface area contributed by atoms with E-state index in [9.17, 15) is 0 Å². The number of hydrogen-bond acceptors (Lipinski definition) is 4. The second kappa shape index (κ2) is 4.81. The zero-order valence-corrected chi connectivity index (χ0v) is 7.17. The quantitative estimate of drug-likeness (QED) is 0.308. The maximum absolute atomic E-state index is 8.53. The first-order valence-electron chi connectivity index (χ1n) is 3.44. The summed E-state index contributed by atoms with van der Waals surface area (Å²) in [5.74, 6) is 0. The van der Waals surface area contributed by atoms with Gasteiger partial charge in [0.2, 0.25) is 0 Å². The highest BCUT2D eigenvalue weighted by Gasteiger charge is 2.25. The van der Waals surface area contributed by atoms with E-state index in [1.54, 1.807) is 0 Å². The molecule has 0 unspecified atom stereocenters. The third-order valence-electron chi connectivity index (χ3n) is 1.06. The number of rotatable bonds is 5. The molecule has 0 aliphatic rings. The lowest BCUT2D eigenvalue weighted by molar-refractivity contribution is 0.227. The molecule has 0 aromatic heterocycles. The zero-order chi connectivity index (χ0) is 8.04. The van der Waals surface area contributed by atoms with Gasteiger partial charge in [-0.3, -0.25) is 0 Å². The standard InChI is InChI=1S/C5H15NO3Si/c1-2-3-6-4-5-10(7,8)9/h6-9H,2-5H2,1H3. The van der Waals surface area contributed by atoms with Gasteiger partial charge in [0.25, 0.3) is 0 Å². The van der Waals surface area contributed by atoms with Crippen LogP contribution in [0.1, 0.15) is 13.3 Å². The fourth-order valence-electron chi connectivity index (χ4n) is 0.558. The molecule has 0 rings (SSSR count). The Hall–Kier alpha value is 0.0569. The second-order valence-electron chi connectivity index (χ2n) is 2.27. The van der Waals surface area contributed by atoms with E-state index in [1.807, 2.05) is 6.92 Å². The average molecular weight is 165 g/mol. The third kappa shape index (κ3) is 8.06. The molecule has 0 atom stereocenters. The van der Waals surface area contributed by atoms with Crippen molar-refractivity contribution in [2.24, 2.45) is 0 Å². The van der Waals surface area contributed by atoms with Crippen molar-refractivity contribution in [3.63, 3.8) is 0 Å². The van der Waals surface area contributed by atoms with Crippen molar-refractivity contribution in [3.05, 3.63) is 0 Å². The van der Waals surface area contributed by atoms with Crippen LogP contribution in [0, 0.1) is 0 Å². The highest BCUT2D eigenvalue weighted by molar-refractivity contribution is 6.56. The largest absolute Gasteiger partial charge is 0.494 e. The van der Waals surface area contributed by atoms with Crippen LogP contribution in [0.3, 0.4) is 0 Å². The summed E-state index contributed by atoms with van der Waals surface area (Å²) in [6, 6.07) is 0.0764. The zero-order valence-electron chi connectivity index (χ0n) is 6.17. The van der Waals surface area contributed by atoms with Crippen LogP contribution in [0.2, 0.25) is 6.04 Å². The first kappa shape index (κ1) is 10.1. The third-order valence-corrected chi connectivity index (χ3v) is 1.98. The van der Waals surface area contributed by atoms with Crippen LogP contribution in [-0.2, 0) is 0 Å². The van der Waals surface area contributed by atoms with E-state index in [2.05, 4.69) is 5.32 Å². The Balaban J connectivity index is 3.04. The molecule has 0 radical (unpaired) electrons. The Morgan fingerprint density at radius 2 is 1.80 bits per heavy atom. The summed E-state index contributed by atoms with van der Waals surface area (Å²) in [7, 11) is -3.77. The van der Waals surface area contributed by atoms with Gasteiger partial charge in [-0.1, -0.05) is 6.92 Å². The first-order chi connectivity index (χ1) is 4.56. The van der Waals surface area contributed by atoms with Gasteiger partial charge in [0, 0.05) is 6.04 Å². The van der Waals surface area contributed by atoms with Crippen LogP contribution in [0.4, 0.5) is 0 Å². The van der Waals surface area contributed by atoms with Gasteiger partial charge >= 0.3 is 8.80 Å². The van der Waals surface area contributed by atoms with E-state index in [0.29, 0.717) is 6.54 Å². The Morgan fingerprint density at radius 3 is 2.20 bits per heavy atom. The lowest BCUT2D eigenvalue weighted by Gasteiger charge is -2.08. The van der Waals surface area contributed by atoms with Crippen LogP contribution in [0.25, 0.3) is 0 Å². The van der Waals surface area contributed by atoms with Crippen molar-refractivity contribution < 1.29 is 14.4 Å². The molecule has 0 aliphatic carbocycles. The minimum Gasteiger partial charge on any atom is -0.390 e. The maximum atomic E-state index is 8.53. The summed E-state index contributed by atoms with van der Waals surface area (Å²) in [4.78, 5) is 25.6. The molecule has 0 aliphatic heterocycles. The van der Waals surface area contributed by atoms with Crippen LogP contribution in [-0.4, -0.2) is 36.3 Å². The van der Waals surface area contributed by atoms with E-state index in [1.165, 1.54) is 0 Å². The summed E-state index contributed by atoms with van der Waals surface area (Å²) in [5, 5.41) is 2.95. The highest BCUT2D eigenvalue weighted by Crippen LogP contribution is 1.92. The Kier molecular flexibility index (Phi) is 4.84. The molecule has 0 aromatic carbocycles. The van der Waals surface area contributed by atoms with Gasteiger partial charge in [-0.15, -0.1) is 0 Å². The first-order valence-corrected chi connectivity index (χ1v) is 5.49. The van der Waals surface area contributed by atoms with Crippen molar-refractivity contribution >= 4 is 8.80 Å². The minimum absolute atomic E-state index is 0.0764. The van der Waals surface area contributed by atoms with Crippen molar-refractivity contribution in [1.82, 2.24) is 5.32 Å². The summed E-state index contributed by atoms with van der Waals surface area (Å²) in [6.45, 7) is 3.35. The molecule has 5 heteroatoms. The molecule has 4 nitrogen and oxygen atoms in total. The minimum atomic E-state index is -3.77. The molecule has 10 heavy (non-hydrogen) atoms. The normalized spacial score (nSPS) is 12.0. The van der Waals surface area contributed by atoms with E-state index in [0.717, 1.165) is 13.0 Å². The topological polar surface area (TPSA) is 72.7 Å². The lowest BCUT2D eigenvalue weighted by atomic mass is 10.5. The van der Waals surface area contributed by atoms with Gasteiger partial charge in [0.1, 0.15) is 0 Å². The van der Waals surface area contributed by atoms with Crippen LogP contribution in [0.15, 0.2) is 0 Å². The molecule has 0 saturated heterocycles. The van der Waals surface area contributed by atoms with E-state index >= 15 is 0 Å². The average Bonchev–Trinajstić information content (AvgIpc) is 1.78. The molecular weight excluding hydrogens is 150 g/mol. The van der Waals surface area contributed by atoms with Crippen LogP contribution >= 0.6 is 0 Å². The smallest absolute Gasteiger partial charge is 0.390 e.